The summed E-state index contributed by atoms with van der Waals surface area (Å²) in [6, 6.07) is 1.78. The third kappa shape index (κ3) is 5.53. The Morgan fingerprint density at radius 3 is 2.68 bits per heavy atom. The number of benzene rings is 1. The molecule has 8 nitrogen and oxygen atoms in total. The minimum Gasteiger partial charge on any atom is -0.389 e. The monoisotopic (exact) mass is 499 g/mol. The van der Waals surface area contributed by atoms with Gasteiger partial charge >= 0.3 is 0 Å². The van der Waals surface area contributed by atoms with Crippen molar-refractivity contribution in [2.45, 2.75) is 30.8 Å². The third-order valence-electron chi connectivity index (χ3n) is 5.45. The van der Waals surface area contributed by atoms with Crippen LogP contribution in [0, 0.1) is 17.0 Å². The highest BCUT2D eigenvalue weighted by atomic mass is 32.1. The summed E-state index contributed by atoms with van der Waals surface area (Å²) in [4.78, 5) is 22.3. The van der Waals surface area contributed by atoms with Crippen molar-refractivity contribution >= 4 is 34.3 Å². The van der Waals surface area contributed by atoms with E-state index in [1.807, 2.05) is 0 Å². The van der Waals surface area contributed by atoms with E-state index in [0.717, 1.165) is 29.7 Å². The number of nitrogen functional groups attached to an aromatic ring is 1. The first kappa shape index (κ1) is 25.6. The van der Waals surface area contributed by atoms with Crippen LogP contribution in [-0.4, -0.2) is 73.0 Å². The van der Waals surface area contributed by atoms with Crippen molar-refractivity contribution in [1.29, 1.82) is 5.41 Å². The number of nitrogens with two attached hydrogens (primary N) is 1. The summed E-state index contributed by atoms with van der Waals surface area (Å²) in [7, 11) is 3.00. The zero-order valence-corrected chi connectivity index (χ0v) is 19.4. The van der Waals surface area contributed by atoms with Crippen LogP contribution in [0.25, 0.3) is 10.6 Å². The van der Waals surface area contributed by atoms with Crippen molar-refractivity contribution < 1.29 is 22.4 Å². The highest BCUT2D eigenvalue weighted by Crippen LogP contribution is 2.33. The first-order chi connectivity index (χ1) is 16.1. The zero-order valence-electron chi connectivity index (χ0n) is 18.5. The van der Waals surface area contributed by atoms with Crippen LogP contribution in [-0.2, 0) is 0 Å². The molecule has 1 saturated heterocycles. The standard InChI is InChI=1S/C21H25F4N7OS/c1-28-11-6-7-32(10-21(24,25)8-11)18(29-2)14(9-26)30-19(33)16-17(27)34-20(31-16)15-12(22)4-3-5-13(15)23/h3-5,9,11,14,26,28H,6-8,10,27H2,1-2H3,(H,30,33). The fourth-order valence-electron chi connectivity index (χ4n) is 3.81. The number of nitrogens with zero attached hydrogens (tertiary/aromatic N) is 3. The number of amidine groups is 1. The lowest BCUT2D eigenvalue weighted by Crippen LogP contribution is -2.52. The van der Waals surface area contributed by atoms with Crippen LogP contribution < -0.4 is 16.4 Å². The predicted octanol–water partition coefficient (Wildman–Crippen LogP) is 2.77. The van der Waals surface area contributed by atoms with E-state index < -0.39 is 47.7 Å². The molecule has 0 aliphatic carbocycles. The molecular weight excluding hydrogens is 474 g/mol. The Bertz CT molecular complexity index is 1070. The number of halogens is 4. The molecular formula is C21H25F4N7OS. The number of likely N-dealkylation sites (tertiary alicyclic amines) is 1. The molecule has 0 spiro atoms. The van der Waals surface area contributed by atoms with E-state index in [1.54, 1.807) is 7.05 Å². The Kier molecular flexibility index (Phi) is 7.87. The molecule has 1 aliphatic rings. The van der Waals surface area contributed by atoms with Gasteiger partial charge in [0.1, 0.15) is 33.5 Å². The van der Waals surface area contributed by atoms with Gasteiger partial charge in [-0.15, -0.1) is 0 Å². The second kappa shape index (κ2) is 10.5. The lowest BCUT2D eigenvalue weighted by Gasteiger charge is -2.30. The van der Waals surface area contributed by atoms with Gasteiger partial charge in [-0.1, -0.05) is 17.4 Å². The number of hydrogen-bond donors (Lipinski definition) is 4. The van der Waals surface area contributed by atoms with Gasteiger partial charge in [-0.3, -0.25) is 9.79 Å². The van der Waals surface area contributed by atoms with Gasteiger partial charge in [0.05, 0.1) is 12.1 Å². The number of alkyl halides is 2. The molecule has 2 unspecified atom stereocenters. The predicted molar refractivity (Wildman–Crippen MR) is 124 cm³/mol. The average Bonchev–Trinajstić information content (AvgIpc) is 3.08. The minimum atomic E-state index is -3.01. The zero-order chi connectivity index (χ0) is 25.0. The normalized spacial score (nSPS) is 19.4. The SMILES string of the molecule is CN=C(C(C=N)NC(=O)c1nc(-c2c(F)cccc2F)sc1N)N1CCC(NC)CC(F)(F)C1. The van der Waals surface area contributed by atoms with Crippen molar-refractivity contribution in [3.05, 3.63) is 35.5 Å². The number of carbonyl (C=O) groups excluding carboxylic acids is 1. The van der Waals surface area contributed by atoms with Gasteiger partial charge in [0.25, 0.3) is 11.8 Å². The maximum Gasteiger partial charge on any atom is 0.273 e. The summed E-state index contributed by atoms with van der Waals surface area (Å²) in [6.07, 6.45) is 0.933. The van der Waals surface area contributed by atoms with Crippen LogP contribution in [0.4, 0.5) is 22.6 Å². The summed E-state index contributed by atoms with van der Waals surface area (Å²) in [5, 5.41) is 12.9. The summed E-state index contributed by atoms with van der Waals surface area (Å²) in [5.41, 5.74) is 5.18. The Balaban J connectivity index is 1.83. The van der Waals surface area contributed by atoms with Crippen LogP contribution >= 0.6 is 11.3 Å². The van der Waals surface area contributed by atoms with Crippen molar-refractivity contribution in [2.24, 2.45) is 4.99 Å². The molecule has 34 heavy (non-hydrogen) atoms. The van der Waals surface area contributed by atoms with E-state index in [9.17, 15) is 22.4 Å². The topological polar surface area (TPSA) is 119 Å². The molecule has 184 valence electrons. The lowest BCUT2D eigenvalue weighted by atomic mass is 10.1. The fourth-order valence-corrected chi connectivity index (χ4v) is 4.69. The molecule has 0 bridgehead atoms. The number of amides is 1. The molecule has 1 aromatic heterocycles. The van der Waals surface area contributed by atoms with Gasteiger partial charge in [-0.25, -0.2) is 22.5 Å². The first-order valence-corrected chi connectivity index (χ1v) is 11.2. The molecule has 1 fully saturated rings. The molecule has 2 heterocycles. The number of carbonyl (C=O) groups is 1. The van der Waals surface area contributed by atoms with E-state index in [1.165, 1.54) is 18.0 Å². The minimum absolute atomic E-state index is 0.0777. The molecule has 1 amide bonds. The van der Waals surface area contributed by atoms with Gasteiger partial charge in [-0.05, 0) is 25.6 Å². The molecule has 1 aromatic carbocycles. The van der Waals surface area contributed by atoms with Gasteiger partial charge < -0.3 is 26.7 Å². The van der Waals surface area contributed by atoms with E-state index in [-0.39, 0.29) is 34.5 Å². The first-order valence-electron chi connectivity index (χ1n) is 10.4. The number of aliphatic imine (C=N–C) groups is 1. The van der Waals surface area contributed by atoms with Crippen molar-refractivity contribution in [1.82, 2.24) is 20.5 Å². The maximum absolute atomic E-state index is 14.5. The number of rotatable bonds is 6. The number of aromatic nitrogens is 1. The maximum atomic E-state index is 14.5. The van der Waals surface area contributed by atoms with Crippen LogP contribution in [0.2, 0.25) is 0 Å². The number of nitrogens with one attached hydrogen (secondary N) is 3. The summed E-state index contributed by atoms with van der Waals surface area (Å²) in [5.74, 6) is -5.48. The van der Waals surface area contributed by atoms with E-state index in [0.29, 0.717) is 6.42 Å². The molecule has 2 atom stereocenters. The van der Waals surface area contributed by atoms with Crippen molar-refractivity contribution in [2.75, 3.05) is 32.9 Å². The molecule has 13 heteroatoms. The van der Waals surface area contributed by atoms with Gasteiger partial charge in [-0.2, -0.15) is 0 Å². The highest BCUT2D eigenvalue weighted by Gasteiger charge is 2.39. The van der Waals surface area contributed by atoms with Gasteiger partial charge in [0.2, 0.25) is 0 Å². The van der Waals surface area contributed by atoms with E-state index in [4.69, 9.17) is 11.1 Å². The average molecular weight is 500 g/mol. The van der Waals surface area contributed by atoms with E-state index in [2.05, 4.69) is 20.6 Å². The molecule has 0 radical (unpaired) electrons. The second-order valence-electron chi connectivity index (χ2n) is 7.78. The van der Waals surface area contributed by atoms with E-state index >= 15 is 0 Å². The van der Waals surface area contributed by atoms with Crippen molar-refractivity contribution in [3.8, 4) is 10.6 Å². The Hall–Kier alpha value is -3.06. The van der Waals surface area contributed by atoms with Crippen LogP contribution in [0.1, 0.15) is 23.3 Å². The highest BCUT2D eigenvalue weighted by molar-refractivity contribution is 7.19. The summed E-state index contributed by atoms with van der Waals surface area (Å²) < 4.78 is 57.2. The Morgan fingerprint density at radius 1 is 1.41 bits per heavy atom. The number of thiazole rings is 1. The van der Waals surface area contributed by atoms with Crippen LogP contribution in [0.15, 0.2) is 23.2 Å². The molecule has 1 aliphatic heterocycles. The third-order valence-corrected chi connectivity index (χ3v) is 6.35. The van der Waals surface area contributed by atoms with Crippen molar-refractivity contribution in [3.63, 3.8) is 0 Å². The second-order valence-corrected chi connectivity index (χ2v) is 8.81. The lowest BCUT2D eigenvalue weighted by molar-refractivity contribution is -0.0225. The summed E-state index contributed by atoms with van der Waals surface area (Å²) in [6.45, 7) is -0.378. The van der Waals surface area contributed by atoms with Crippen LogP contribution in [0.5, 0.6) is 0 Å². The Morgan fingerprint density at radius 2 is 2.09 bits per heavy atom. The summed E-state index contributed by atoms with van der Waals surface area (Å²) >= 11 is 0.728. The van der Waals surface area contributed by atoms with Crippen LogP contribution in [0.3, 0.4) is 0 Å². The number of anilines is 1. The largest absolute Gasteiger partial charge is 0.389 e. The molecule has 3 rings (SSSR count). The Labute approximate surface area is 197 Å². The smallest absolute Gasteiger partial charge is 0.273 e. The quantitative estimate of drug-likeness (QED) is 0.277. The molecule has 5 N–H and O–H groups in total. The van der Waals surface area contributed by atoms with Gasteiger partial charge in [0, 0.05) is 32.3 Å². The fraction of sp³-hybridized carbons (Fsp3) is 0.429. The van der Waals surface area contributed by atoms with Gasteiger partial charge in [0.15, 0.2) is 5.69 Å². The number of hydrogen-bond acceptors (Lipinski definition) is 7. The molecule has 0 saturated carbocycles. The molecule has 2 aromatic rings.